The number of nitrogens with one attached hydrogen (secondary N) is 2. The lowest BCUT2D eigenvalue weighted by Crippen LogP contribution is -2.09. The first-order chi connectivity index (χ1) is 19.3. The molecule has 40 heavy (non-hydrogen) atoms. The molecule has 1 amide bonds. The number of amides is 1. The van der Waals surface area contributed by atoms with Gasteiger partial charge in [-0.2, -0.15) is 0 Å². The number of nitrogens with zero attached hydrogens (tertiary/aromatic N) is 2. The summed E-state index contributed by atoms with van der Waals surface area (Å²) in [5.74, 6) is -0.112. The topological polar surface area (TPSA) is 90.9 Å². The lowest BCUT2D eigenvalue weighted by Gasteiger charge is -2.16. The number of H-pyrrole nitrogens is 1. The Morgan fingerprint density at radius 1 is 0.975 bits per heavy atom. The molecule has 1 unspecified atom stereocenters. The number of aromatic nitrogens is 3. The van der Waals surface area contributed by atoms with Crippen molar-refractivity contribution in [1.29, 1.82) is 0 Å². The number of carbonyl (C=O) groups is 1. The lowest BCUT2D eigenvalue weighted by atomic mass is 9.93. The quantitative estimate of drug-likeness (QED) is 0.177. The zero-order valence-electron chi connectivity index (χ0n) is 20.8. The average molecular weight is 563 g/mol. The second-order valence-electron chi connectivity index (χ2n) is 9.07. The van der Waals surface area contributed by atoms with Crippen LogP contribution in [0, 0.1) is 5.82 Å². The van der Waals surface area contributed by atoms with Crippen LogP contribution in [0.25, 0.3) is 22.4 Å². The van der Waals surface area contributed by atoms with Crippen LogP contribution in [0.2, 0.25) is 5.02 Å². The maximum Gasteiger partial charge on any atom is 0.409 e. The number of anilines is 1. The summed E-state index contributed by atoms with van der Waals surface area (Å²) in [5.41, 5.74) is 3.99. The number of imidazole rings is 1. The fourth-order valence-corrected chi connectivity index (χ4v) is 4.62. The summed E-state index contributed by atoms with van der Waals surface area (Å²) >= 11 is 6.08. The number of alkyl halides is 2. The van der Waals surface area contributed by atoms with Gasteiger partial charge in [0.15, 0.2) is 0 Å². The van der Waals surface area contributed by atoms with E-state index in [4.69, 9.17) is 21.7 Å². The van der Waals surface area contributed by atoms with E-state index in [0.717, 1.165) is 11.1 Å². The highest BCUT2D eigenvalue weighted by Gasteiger charge is 2.22. The van der Waals surface area contributed by atoms with Crippen LogP contribution in [0.3, 0.4) is 0 Å². The highest BCUT2D eigenvalue weighted by Crippen LogP contribution is 2.34. The SMILES string of the molecule is O=C(O)Nc1ccc(-c2c[nH]c(C(Cc3ccc(F)cc3)c3ccc(-c4cc(Cl)ccc4C(F)F)cn3)n2)cc1. The molecule has 0 spiro atoms. The molecule has 1 atom stereocenters. The third-order valence-electron chi connectivity index (χ3n) is 6.42. The zero-order chi connectivity index (χ0) is 28.2. The summed E-state index contributed by atoms with van der Waals surface area (Å²) < 4.78 is 40.8. The van der Waals surface area contributed by atoms with Crippen molar-refractivity contribution in [3.8, 4) is 22.4 Å². The Morgan fingerprint density at radius 2 is 1.70 bits per heavy atom. The van der Waals surface area contributed by atoms with Crippen molar-refractivity contribution in [2.45, 2.75) is 18.8 Å². The molecule has 10 heteroatoms. The number of pyridine rings is 1. The van der Waals surface area contributed by atoms with Gasteiger partial charge in [0.1, 0.15) is 11.6 Å². The Hall–Kier alpha value is -4.63. The number of aromatic amines is 1. The van der Waals surface area contributed by atoms with Crippen LogP contribution < -0.4 is 5.32 Å². The van der Waals surface area contributed by atoms with Crippen molar-refractivity contribution >= 4 is 23.4 Å². The molecule has 5 aromatic rings. The van der Waals surface area contributed by atoms with E-state index >= 15 is 0 Å². The molecule has 5 rings (SSSR count). The van der Waals surface area contributed by atoms with Crippen molar-refractivity contribution in [2.75, 3.05) is 5.32 Å². The Balaban J connectivity index is 1.48. The van der Waals surface area contributed by atoms with Crippen molar-refractivity contribution in [2.24, 2.45) is 0 Å². The summed E-state index contributed by atoms with van der Waals surface area (Å²) in [6.07, 6.45) is -0.114. The van der Waals surface area contributed by atoms with Gasteiger partial charge >= 0.3 is 6.09 Å². The summed E-state index contributed by atoms with van der Waals surface area (Å²) in [4.78, 5) is 23.5. The van der Waals surface area contributed by atoms with E-state index in [-0.39, 0.29) is 17.3 Å². The van der Waals surface area contributed by atoms with Gasteiger partial charge in [0, 0.05) is 39.8 Å². The molecule has 3 N–H and O–H groups in total. The van der Waals surface area contributed by atoms with Gasteiger partial charge < -0.3 is 10.1 Å². The number of carboxylic acid groups (broad SMARTS) is 1. The van der Waals surface area contributed by atoms with Crippen LogP contribution in [-0.4, -0.2) is 26.2 Å². The van der Waals surface area contributed by atoms with Gasteiger partial charge in [0.25, 0.3) is 6.43 Å². The Bertz CT molecular complexity index is 1620. The highest BCUT2D eigenvalue weighted by molar-refractivity contribution is 6.30. The second kappa shape index (κ2) is 11.6. The van der Waals surface area contributed by atoms with Crippen LogP contribution in [0.1, 0.15) is 35.0 Å². The predicted molar refractivity (Wildman–Crippen MR) is 147 cm³/mol. The molecular formula is C30H22ClF3N4O2. The maximum absolute atomic E-state index is 13.6. The molecular weight excluding hydrogens is 541 g/mol. The van der Waals surface area contributed by atoms with Crippen LogP contribution in [0.5, 0.6) is 0 Å². The first kappa shape index (κ1) is 27.0. The summed E-state index contributed by atoms with van der Waals surface area (Å²) in [7, 11) is 0. The minimum atomic E-state index is -2.67. The van der Waals surface area contributed by atoms with E-state index in [1.54, 1.807) is 54.7 Å². The fraction of sp³-hybridized carbons (Fsp3) is 0.100. The van der Waals surface area contributed by atoms with E-state index < -0.39 is 12.5 Å². The van der Waals surface area contributed by atoms with Gasteiger partial charge in [0.2, 0.25) is 0 Å². The molecule has 0 aliphatic carbocycles. The zero-order valence-corrected chi connectivity index (χ0v) is 21.5. The third-order valence-corrected chi connectivity index (χ3v) is 6.65. The normalized spacial score (nSPS) is 11.9. The van der Waals surface area contributed by atoms with Crippen molar-refractivity contribution in [3.05, 3.63) is 125 Å². The first-order valence-corrected chi connectivity index (χ1v) is 12.6. The molecule has 0 saturated heterocycles. The maximum atomic E-state index is 13.6. The van der Waals surface area contributed by atoms with E-state index in [0.29, 0.717) is 45.5 Å². The van der Waals surface area contributed by atoms with Crippen LogP contribution in [0.4, 0.5) is 23.7 Å². The predicted octanol–water partition coefficient (Wildman–Crippen LogP) is 8.33. The highest BCUT2D eigenvalue weighted by atomic mass is 35.5. The van der Waals surface area contributed by atoms with Gasteiger partial charge in [-0.05, 0) is 60.0 Å². The summed E-state index contributed by atoms with van der Waals surface area (Å²) in [6.45, 7) is 0. The Labute approximate surface area is 232 Å². The minimum Gasteiger partial charge on any atom is -0.465 e. The van der Waals surface area contributed by atoms with Gasteiger partial charge in [-0.1, -0.05) is 48.0 Å². The van der Waals surface area contributed by atoms with Gasteiger partial charge in [-0.25, -0.2) is 22.9 Å². The third kappa shape index (κ3) is 6.16. The van der Waals surface area contributed by atoms with Crippen LogP contribution in [-0.2, 0) is 6.42 Å². The van der Waals surface area contributed by atoms with Crippen LogP contribution >= 0.6 is 11.6 Å². The molecule has 2 heterocycles. The number of hydrogen-bond donors (Lipinski definition) is 3. The first-order valence-electron chi connectivity index (χ1n) is 12.2. The molecule has 2 aromatic heterocycles. The monoisotopic (exact) mass is 562 g/mol. The molecule has 0 radical (unpaired) electrons. The van der Waals surface area contributed by atoms with E-state index in [9.17, 15) is 18.0 Å². The molecule has 0 fully saturated rings. The van der Waals surface area contributed by atoms with Crippen LogP contribution in [0.15, 0.2) is 91.3 Å². The van der Waals surface area contributed by atoms with E-state index in [2.05, 4.69) is 15.3 Å². The lowest BCUT2D eigenvalue weighted by molar-refractivity contribution is 0.152. The minimum absolute atomic E-state index is 0.137. The number of rotatable bonds is 8. The molecule has 6 nitrogen and oxygen atoms in total. The molecule has 0 aliphatic rings. The number of benzene rings is 3. The summed E-state index contributed by atoms with van der Waals surface area (Å²) in [6, 6.07) is 20.6. The van der Waals surface area contributed by atoms with Gasteiger partial charge in [-0.3, -0.25) is 10.3 Å². The standard InChI is InChI=1S/C30H22ClF3N4O2/c31-20-6-11-23(28(33)34)24(14-20)19-5-12-26(35-15-19)25(13-17-1-7-21(32)8-2-17)29-36-16-27(38-29)18-3-9-22(10-4-18)37-30(39)40/h1-12,14-16,25,28,37H,13H2,(H,36,38)(H,39,40). The average Bonchev–Trinajstić information content (AvgIpc) is 3.43. The second-order valence-corrected chi connectivity index (χ2v) is 9.50. The van der Waals surface area contributed by atoms with E-state index in [1.165, 1.54) is 36.5 Å². The molecule has 202 valence electrons. The van der Waals surface area contributed by atoms with Crippen molar-refractivity contribution in [3.63, 3.8) is 0 Å². The van der Waals surface area contributed by atoms with Gasteiger partial charge in [-0.15, -0.1) is 0 Å². The van der Waals surface area contributed by atoms with E-state index in [1.807, 2.05) is 0 Å². The van der Waals surface area contributed by atoms with Gasteiger partial charge in [0.05, 0.1) is 17.3 Å². The summed E-state index contributed by atoms with van der Waals surface area (Å²) in [5, 5.41) is 11.5. The number of halogens is 4. The Morgan fingerprint density at radius 3 is 2.35 bits per heavy atom. The largest absolute Gasteiger partial charge is 0.465 e. The molecule has 0 bridgehead atoms. The number of hydrogen-bond acceptors (Lipinski definition) is 3. The Kier molecular flexibility index (Phi) is 7.84. The fourth-order valence-electron chi connectivity index (χ4n) is 4.45. The smallest absolute Gasteiger partial charge is 0.409 e. The van der Waals surface area contributed by atoms with Crippen molar-refractivity contribution in [1.82, 2.24) is 15.0 Å². The molecule has 0 saturated carbocycles. The van der Waals surface area contributed by atoms with Crippen molar-refractivity contribution < 1.29 is 23.1 Å². The molecule has 0 aliphatic heterocycles. The molecule has 3 aromatic carbocycles.